The van der Waals surface area contributed by atoms with Crippen molar-refractivity contribution in [3.05, 3.63) is 24.3 Å². The van der Waals surface area contributed by atoms with Crippen molar-refractivity contribution < 1.29 is 19.4 Å². The standard InChI is InChI=1S/C18H26N2O4/c1-18(2,22)12-20(14-5-6-14)17(21)19-13-3-7-15(8-4-13)24-16-9-10-23-11-16/h3-4,7-8,14,16,22H,5-6,9-12H2,1-2H3,(H,19,21). The Morgan fingerprint density at radius 2 is 2.04 bits per heavy atom. The van der Waals surface area contributed by atoms with Crippen molar-refractivity contribution >= 4 is 11.7 Å². The maximum absolute atomic E-state index is 12.5. The lowest BCUT2D eigenvalue weighted by molar-refractivity contribution is 0.0467. The van der Waals surface area contributed by atoms with Crippen molar-refractivity contribution in [2.75, 3.05) is 25.1 Å². The molecule has 1 aromatic carbocycles. The number of anilines is 1. The van der Waals surface area contributed by atoms with Crippen LogP contribution in [-0.2, 0) is 4.74 Å². The zero-order valence-corrected chi connectivity index (χ0v) is 14.3. The van der Waals surface area contributed by atoms with Gasteiger partial charge in [-0.2, -0.15) is 0 Å². The Morgan fingerprint density at radius 3 is 2.58 bits per heavy atom. The molecule has 2 aliphatic rings. The predicted octanol–water partition coefficient (Wildman–Crippen LogP) is 2.62. The van der Waals surface area contributed by atoms with Crippen molar-refractivity contribution in [2.45, 2.75) is 50.9 Å². The second-order valence-electron chi connectivity index (χ2n) is 7.23. The number of amides is 2. The molecule has 0 aromatic heterocycles. The summed E-state index contributed by atoms with van der Waals surface area (Å²) in [7, 11) is 0. The number of carbonyl (C=O) groups excluding carboxylic acids is 1. The van der Waals surface area contributed by atoms with Crippen LogP contribution in [0.25, 0.3) is 0 Å². The van der Waals surface area contributed by atoms with E-state index in [0.717, 1.165) is 37.3 Å². The SMILES string of the molecule is CC(C)(O)CN(C(=O)Nc1ccc(OC2CCOC2)cc1)C1CC1. The summed E-state index contributed by atoms with van der Waals surface area (Å²) in [6, 6.07) is 7.44. The number of hydrogen-bond donors (Lipinski definition) is 2. The number of ether oxygens (including phenoxy) is 2. The monoisotopic (exact) mass is 334 g/mol. The molecule has 3 rings (SSSR count). The van der Waals surface area contributed by atoms with Crippen LogP contribution in [0.4, 0.5) is 10.5 Å². The van der Waals surface area contributed by atoms with E-state index in [2.05, 4.69) is 5.32 Å². The predicted molar refractivity (Wildman–Crippen MR) is 91.3 cm³/mol. The summed E-state index contributed by atoms with van der Waals surface area (Å²) in [4.78, 5) is 14.2. The maximum atomic E-state index is 12.5. The van der Waals surface area contributed by atoms with Gasteiger partial charge >= 0.3 is 6.03 Å². The molecule has 1 aliphatic carbocycles. The minimum Gasteiger partial charge on any atom is -0.488 e. The van der Waals surface area contributed by atoms with E-state index >= 15 is 0 Å². The number of urea groups is 1. The lowest BCUT2D eigenvalue weighted by Crippen LogP contribution is -2.45. The Morgan fingerprint density at radius 1 is 1.33 bits per heavy atom. The molecule has 1 saturated carbocycles. The molecule has 1 unspecified atom stereocenters. The third-order valence-electron chi connectivity index (χ3n) is 4.10. The van der Waals surface area contributed by atoms with Gasteiger partial charge in [-0.05, 0) is 51.0 Å². The molecule has 6 heteroatoms. The number of carbonyl (C=O) groups is 1. The Hall–Kier alpha value is -1.79. The highest BCUT2D eigenvalue weighted by molar-refractivity contribution is 5.89. The van der Waals surface area contributed by atoms with E-state index in [1.165, 1.54) is 0 Å². The lowest BCUT2D eigenvalue weighted by atomic mass is 10.1. The van der Waals surface area contributed by atoms with Crippen molar-refractivity contribution in [1.82, 2.24) is 4.90 Å². The van der Waals surface area contributed by atoms with E-state index < -0.39 is 5.60 Å². The number of aliphatic hydroxyl groups is 1. The van der Waals surface area contributed by atoms with E-state index in [1.54, 1.807) is 18.7 Å². The van der Waals surface area contributed by atoms with Gasteiger partial charge in [-0.25, -0.2) is 4.79 Å². The molecule has 6 nitrogen and oxygen atoms in total. The summed E-state index contributed by atoms with van der Waals surface area (Å²) in [6.45, 7) is 5.14. The van der Waals surface area contributed by atoms with E-state index in [-0.39, 0.29) is 18.2 Å². The van der Waals surface area contributed by atoms with Crippen molar-refractivity contribution in [1.29, 1.82) is 0 Å². The molecular weight excluding hydrogens is 308 g/mol. The van der Waals surface area contributed by atoms with Gasteiger partial charge in [-0.15, -0.1) is 0 Å². The van der Waals surface area contributed by atoms with Crippen LogP contribution in [0.1, 0.15) is 33.1 Å². The van der Waals surface area contributed by atoms with Gasteiger partial charge in [0.25, 0.3) is 0 Å². The van der Waals surface area contributed by atoms with Gasteiger partial charge in [0.1, 0.15) is 11.9 Å². The van der Waals surface area contributed by atoms with Gasteiger partial charge in [0, 0.05) is 18.2 Å². The van der Waals surface area contributed by atoms with Crippen LogP contribution in [0.3, 0.4) is 0 Å². The third-order valence-corrected chi connectivity index (χ3v) is 4.10. The molecule has 1 aromatic rings. The Labute approximate surface area is 142 Å². The van der Waals surface area contributed by atoms with Crippen LogP contribution < -0.4 is 10.1 Å². The number of nitrogens with zero attached hydrogens (tertiary/aromatic N) is 1. The number of benzene rings is 1. The van der Waals surface area contributed by atoms with E-state index in [0.29, 0.717) is 13.2 Å². The van der Waals surface area contributed by atoms with E-state index in [1.807, 2.05) is 24.3 Å². The molecule has 1 heterocycles. The van der Waals surface area contributed by atoms with Gasteiger partial charge in [0.05, 0.1) is 25.4 Å². The highest BCUT2D eigenvalue weighted by Gasteiger charge is 2.35. The molecule has 1 saturated heterocycles. The summed E-state index contributed by atoms with van der Waals surface area (Å²) >= 11 is 0. The van der Waals surface area contributed by atoms with Crippen molar-refractivity contribution in [3.63, 3.8) is 0 Å². The maximum Gasteiger partial charge on any atom is 0.322 e. The normalized spacial score (nSPS) is 20.7. The summed E-state index contributed by atoms with van der Waals surface area (Å²) in [6.07, 6.45) is 3.02. The number of nitrogens with one attached hydrogen (secondary N) is 1. The molecule has 1 atom stereocenters. The molecule has 0 bridgehead atoms. The summed E-state index contributed by atoms with van der Waals surface area (Å²) in [5, 5.41) is 12.9. The van der Waals surface area contributed by atoms with Crippen LogP contribution in [0.5, 0.6) is 5.75 Å². The highest BCUT2D eigenvalue weighted by Crippen LogP contribution is 2.29. The number of hydrogen-bond acceptors (Lipinski definition) is 4. The van der Waals surface area contributed by atoms with Crippen molar-refractivity contribution in [2.24, 2.45) is 0 Å². The average Bonchev–Trinajstić information content (AvgIpc) is 3.23. The summed E-state index contributed by atoms with van der Waals surface area (Å²) < 4.78 is 11.1. The van der Waals surface area contributed by atoms with E-state index in [9.17, 15) is 9.90 Å². The minimum atomic E-state index is -0.902. The first kappa shape index (κ1) is 17.0. The zero-order valence-electron chi connectivity index (χ0n) is 14.3. The number of rotatable bonds is 6. The zero-order chi connectivity index (χ0) is 17.2. The molecule has 1 aliphatic heterocycles. The summed E-state index contributed by atoms with van der Waals surface area (Å²) in [5.74, 6) is 0.777. The average molecular weight is 334 g/mol. The van der Waals surface area contributed by atoms with Crippen LogP contribution >= 0.6 is 0 Å². The van der Waals surface area contributed by atoms with Crippen LogP contribution in [0, 0.1) is 0 Å². The Balaban J connectivity index is 1.56. The smallest absolute Gasteiger partial charge is 0.322 e. The van der Waals surface area contributed by atoms with Gasteiger partial charge in [-0.3, -0.25) is 0 Å². The quantitative estimate of drug-likeness (QED) is 0.839. The summed E-state index contributed by atoms with van der Waals surface area (Å²) in [5.41, 5.74) is -0.183. The minimum absolute atomic E-state index is 0.114. The highest BCUT2D eigenvalue weighted by atomic mass is 16.5. The first-order chi connectivity index (χ1) is 11.4. The Bertz CT molecular complexity index is 557. The largest absolute Gasteiger partial charge is 0.488 e. The molecule has 132 valence electrons. The molecule has 2 fully saturated rings. The fourth-order valence-corrected chi connectivity index (χ4v) is 2.78. The van der Waals surface area contributed by atoms with Crippen LogP contribution in [0.15, 0.2) is 24.3 Å². The Kier molecular flexibility index (Phi) is 4.96. The third kappa shape index (κ3) is 4.85. The van der Waals surface area contributed by atoms with Gasteiger partial charge in [0.2, 0.25) is 0 Å². The first-order valence-electron chi connectivity index (χ1n) is 8.55. The molecule has 2 N–H and O–H groups in total. The van der Waals surface area contributed by atoms with Crippen LogP contribution in [-0.4, -0.2) is 53.5 Å². The lowest BCUT2D eigenvalue weighted by Gasteiger charge is -2.29. The van der Waals surface area contributed by atoms with E-state index in [4.69, 9.17) is 9.47 Å². The fourth-order valence-electron chi connectivity index (χ4n) is 2.78. The second kappa shape index (κ2) is 6.99. The molecule has 2 amide bonds. The molecule has 0 radical (unpaired) electrons. The topological polar surface area (TPSA) is 71.0 Å². The van der Waals surface area contributed by atoms with Crippen molar-refractivity contribution in [3.8, 4) is 5.75 Å². The first-order valence-corrected chi connectivity index (χ1v) is 8.55. The molecule has 24 heavy (non-hydrogen) atoms. The molecular formula is C18H26N2O4. The second-order valence-corrected chi connectivity index (χ2v) is 7.23. The van der Waals surface area contributed by atoms with Crippen LogP contribution in [0.2, 0.25) is 0 Å². The van der Waals surface area contributed by atoms with Gasteiger partial charge in [0.15, 0.2) is 0 Å². The van der Waals surface area contributed by atoms with Gasteiger partial charge < -0.3 is 24.8 Å². The van der Waals surface area contributed by atoms with Gasteiger partial charge in [-0.1, -0.05) is 0 Å². The fraction of sp³-hybridized carbons (Fsp3) is 0.611. The molecule has 0 spiro atoms.